The summed E-state index contributed by atoms with van der Waals surface area (Å²) < 4.78 is 5.49. The summed E-state index contributed by atoms with van der Waals surface area (Å²) in [5.41, 5.74) is 3.76. The molecule has 7 heteroatoms. The Morgan fingerprint density at radius 1 is 1.48 bits per heavy atom. The van der Waals surface area contributed by atoms with Crippen molar-refractivity contribution >= 4 is 11.3 Å². The fraction of sp³-hybridized carbons (Fsp3) is 0.500. The molecule has 0 aromatic carbocycles. The van der Waals surface area contributed by atoms with E-state index < -0.39 is 6.10 Å². The minimum absolute atomic E-state index is 0.325. The summed E-state index contributed by atoms with van der Waals surface area (Å²) in [4.78, 5) is 5.43. The molecule has 2 aromatic rings. The second kappa shape index (κ2) is 8.78. The summed E-state index contributed by atoms with van der Waals surface area (Å²) in [7, 11) is 0. The molecule has 0 radical (unpaired) electrons. The van der Waals surface area contributed by atoms with E-state index in [0.29, 0.717) is 26.3 Å². The Bertz CT molecular complexity index is 521. The molecule has 0 bridgehead atoms. The van der Waals surface area contributed by atoms with Gasteiger partial charge in [0.05, 0.1) is 36.2 Å². The Morgan fingerprint density at radius 3 is 3.10 bits per heavy atom. The summed E-state index contributed by atoms with van der Waals surface area (Å²) in [6.07, 6.45) is 1.96. The molecular weight excluding hydrogens is 288 g/mol. The van der Waals surface area contributed by atoms with E-state index >= 15 is 0 Å². The molecule has 0 saturated heterocycles. The van der Waals surface area contributed by atoms with Gasteiger partial charge in [0, 0.05) is 30.6 Å². The van der Waals surface area contributed by atoms with Gasteiger partial charge < -0.3 is 15.2 Å². The molecule has 1 unspecified atom stereocenters. The monoisotopic (exact) mass is 308 g/mol. The summed E-state index contributed by atoms with van der Waals surface area (Å²) >= 11 is 1.64. The van der Waals surface area contributed by atoms with E-state index in [1.54, 1.807) is 17.5 Å². The first kappa shape index (κ1) is 16.0. The quantitative estimate of drug-likeness (QED) is 0.672. The van der Waals surface area contributed by atoms with Crippen LogP contribution in [0.25, 0.3) is 0 Å². The van der Waals surface area contributed by atoms with Crippen LogP contribution in [0.3, 0.4) is 0 Å². The van der Waals surface area contributed by atoms with Crippen LogP contribution < -0.4 is 5.32 Å². The van der Waals surface area contributed by atoms with Crippen molar-refractivity contribution in [1.29, 1.82) is 0 Å². The highest BCUT2D eigenvalue weighted by Crippen LogP contribution is 2.12. The molecular formula is C14H20N4O2S. The first-order valence-corrected chi connectivity index (χ1v) is 7.75. The van der Waals surface area contributed by atoms with Crippen LogP contribution in [-0.4, -0.2) is 46.2 Å². The Morgan fingerprint density at radius 2 is 2.38 bits per heavy atom. The van der Waals surface area contributed by atoms with E-state index in [0.717, 1.165) is 17.8 Å². The summed E-state index contributed by atoms with van der Waals surface area (Å²) in [6, 6.07) is 3.73. The van der Waals surface area contributed by atoms with Crippen molar-refractivity contribution in [2.45, 2.75) is 26.0 Å². The first-order chi connectivity index (χ1) is 10.3. The van der Waals surface area contributed by atoms with Gasteiger partial charge in [0.1, 0.15) is 0 Å². The average Bonchev–Trinajstić information content (AvgIpc) is 2.90. The standard InChI is InChI=1S/C14H20N4O2S/c1-11-14(21-10-16-11)4-6-20-9-13(19)8-15-7-12-3-2-5-17-18-12/h2-3,5,10,13,15,19H,4,6-9H2,1H3. The van der Waals surface area contributed by atoms with E-state index in [4.69, 9.17) is 4.74 Å². The summed E-state index contributed by atoms with van der Waals surface area (Å²) in [6.45, 7) is 3.98. The van der Waals surface area contributed by atoms with Gasteiger partial charge in [-0.25, -0.2) is 4.98 Å². The second-order valence-corrected chi connectivity index (χ2v) is 5.62. The SMILES string of the molecule is Cc1ncsc1CCOCC(O)CNCc1cccnn1. The number of aromatic nitrogens is 3. The van der Waals surface area contributed by atoms with Crippen molar-refractivity contribution in [3.05, 3.63) is 40.1 Å². The second-order valence-electron chi connectivity index (χ2n) is 4.69. The van der Waals surface area contributed by atoms with E-state index in [1.807, 2.05) is 24.6 Å². The van der Waals surface area contributed by atoms with E-state index in [9.17, 15) is 5.11 Å². The lowest BCUT2D eigenvalue weighted by molar-refractivity contribution is 0.0383. The molecule has 0 saturated carbocycles. The molecule has 2 aromatic heterocycles. The molecule has 0 fully saturated rings. The van der Waals surface area contributed by atoms with Crippen molar-refractivity contribution < 1.29 is 9.84 Å². The molecule has 21 heavy (non-hydrogen) atoms. The summed E-state index contributed by atoms with van der Waals surface area (Å²) in [5.74, 6) is 0. The minimum atomic E-state index is -0.524. The third kappa shape index (κ3) is 5.84. The van der Waals surface area contributed by atoms with Gasteiger partial charge in [0.15, 0.2) is 0 Å². The highest BCUT2D eigenvalue weighted by atomic mass is 32.1. The fourth-order valence-corrected chi connectivity index (χ4v) is 2.57. The number of rotatable bonds is 9. The third-order valence-corrected chi connectivity index (χ3v) is 3.94. The molecule has 0 aliphatic carbocycles. The zero-order valence-electron chi connectivity index (χ0n) is 12.0. The number of ether oxygens (including phenoxy) is 1. The summed E-state index contributed by atoms with van der Waals surface area (Å²) in [5, 5.41) is 20.7. The molecule has 6 nitrogen and oxygen atoms in total. The lowest BCUT2D eigenvalue weighted by Crippen LogP contribution is -2.30. The molecule has 0 aliphatic rings. The minimum Gasteiger partial charge on any atom is -0.389 e. The van der Waals surface area contributed by atoms with E-state index in [1.165, 1.54) is 4.88 Å². The molecule has 0 amide bonds. The van der Waals surface area contributed by atoms with Crippen molar-refractivity contribution in [1.82, 2.24) is 20.5 Å². The predicted molar refractivity (Wildman–Crippen MR) is 81.1 cm³/mol. The van der Waals surface area contributed by atoms with Crippen LogP contribution in [0, 0.1) is 6.92 Å². The number of hydrogen-bond donors (Lipinski definition) is 2. The Balaban J connectivity index is 1.53. The number of hydrogen-bond acceptors (Lipinski definition) is 7. The van der Waals surface area contributed by atoms with Crippen molar-refractivity contribution in [2.75, 3.05) is 19.8 Å². The van der Waals surface area contributed by atoms with Crippen LogP contribution in [0.2, 0.25) is 0 Å². The predicted octanol–water partition coefficient (Wildman–Crippen LogP) is 0.951. The van der Waals surface area contributed by atoms with Crippen LogP contribution >= 0.6 is 11.3 Å². The molecule has 0 aliphatic heterocycles. The normalized spacial score (nSPS) is 12.5. The fourth-order valence-electron chi connectivity index (χ4n) is 1.80. The van der Waals surface area contributed by atoms with Crippen molar-refractivity contribution in [2.24, 2.45) is 0 Å². The largest absolute Gasteiger partial charge is 0.389 e. The number of nitrogens with one attached hydrogen (secondary N) is 1. The molecule has 114 valence electrons. The molecule has 0 spiro atoms. The van der Waals surface area contributed by atoms with Gasteiger partial charge in [-0.15, -0.1) is 11.3 Å². The average molecular weight is 308 g/mol. The highest BCUT2D eigenvalue weighted by molar-refractivity contribution is 7.09. The van der Waals surface area contributed by atoms with Gasteiger partial charge in [-0.05, 0) is 19.1 Å². The van der Waals surface area contributed by atoms with Gasteiger partial charge in [-0.3, -0.25) is 0 Å². The van der Waals surface area contributed by atoms with Gasteiger partial charge >= 0.3 is 0 Å². The lowest BCUT2D eigenvalue weighted by Gasteiger charge is -2.12. The van der Waals surface area contributed by atoms with E-state index in [2.05, 4.69) is 20.5 Å². The zero-order valence-corrected chi connectivity index (χ0v) is 12.8. The molecule has 1 atom stereocenters. The van der Waals surface area contributed by atoms with Gasteiger partial charge in [-0.2, -0.15) is 10.2 Å². The Kier molecular flexibility index (Phi) is 6.68. The zero-order chi connectivity index (χ0) is 14.9. The maximum Gasteiger partial charge on any atom is 0.0897 e. The maximum absolute atomic E-state index is 9.81. The number of aliphatic hydroxyl groups excluding tert-OH is 1. The Hall–Kier alpha value is -1.41. The van der Waals surface area contributed by atoms with Crippen LogP contribution in [-0.2, 0) is 17.7 Å². The van der Waals surface area contributed by atoms with Gasteiger partial charge in [0.2, 0.25) is 0 Å². The highest BCUT2D eigenvalue weighted by Gasteiger charge is 2.05. The van der Waals surface area contributed by atoms with Gasteiger partial charge in [-0.1, -0.05) is 0 Å². The topological polar surface area (TPSA) is 80.2 Å². The third-order valence-electron chi connectivity index (χ3n) is 2.94. The maximum atomic E-state index is 9.81. The van der Waals surface area contributed by atoms with Crippen LogP contribution in [0.15, 0.2) is 23.8 Å². The number of nitrogens with zero attached hydrogens (tertiary/aromatic N) is 3. The van der Waals surface area contributed by atoms with Crippen molar-refractivity contribution in [3.8, 4) is 0 Å². The van der Waals surface area contributed by atoms with E-state index in [-0.39, 0.29) is 0 Å². The van der Waals surface area contributed by atoms with Crippen LogP contribution in [0.1, 0.15) is 16.3 Å². The van der Waals surface area contributed by atoms with Crippen molar-refractivity contribution in [3.63, 3.8) is 0 Å². The smallest absolute Gasteiger partial charge is 0.0897 e. The lowest BCUT2D eigenvalue weighted by atomic mass is 10.3. The first-order valence-electron chi connectivity index (χ1n) is 6.88. The molecule has 2 rings (SSSR count). The Labute approximate surface area is 128 Å². The van der Waals surface area contributed by atoms with Gasteiger partial charge in [0.25, 0.3) is 0 Å². The molecule has 2 heterocycles. The number of thiazole rings is 1. The number of aliphatic hydroxyl groups is 1. The van der Waals surface area contributed by atoms with Crippen LogP contribution in [0.4, 0.5) is 0 Å². The molecule has 2 N–H and O–H groups in total. The van der Waals surface area contributed by atoms with Crippen LogP contribution in [0.5, 0.6) is 0 Å². The number of aryl methyl sites for hydroxylation is 1.